The molecule has 0 fully saturated rings. The maximum absolute atomic E-state index is 12.5. The Kier molecular flexibility index (Phi) is 2.65. The minimum atomic E-state index is -0.294. The number of hydrogen-bond acceptors (Lipinski definition) is 2. The Hall–Kier alpha value is -0.830. The first-order valence-corrected chi connectivity index (χ1v) is 3.92. The summed E-state index contributed by atoms with van der Waals surface area (Å²) in [4.78, 5) is 0. The molecule has 0 saturated carbocycles. The third kappa shape index (κ3) is 2.05. The SMILES string of the molecule is N#CNc1ccc(F)cc1I. The maximum Gasteiger partial charge on any atom is 0.181 e. The summed E-state index contributed by atoms with van der Waals surface area (Å²) in [6.07, 6.45) is 1.77. The van der Waals surface area contributed by atoms with Crippen molar-refractivity contribution in [2.75, 3.05) is 5.32 Å². The van der Waals surface area contributed by atoms with E-state index in [0.717, 1.165) is 0 Å². The molecule has 56 valence electrons. The smallest absolute Gasteiger partial charge is 0.181 e. The van der Waals surface area contributed by atoms with Gasteiger partial charge in [-0.2, -0.15) is 5.26 Å². The minimum absolute atomic E-state index is 0.294. The zero-order valence-electron chi connectivity index (χ0n) is 5.44. The summed E-state index contributed by atoms with van der Waals surface area (Å²) in [7, 11) is 0. The van der Waals surface area contributed by atoms with Crippen LogP contribution in [0.3, 0.4) is 0 Å². The highest BCUT2D eigenvalue weighted by Gasteiger charge is 1.98. The molecule has 0 heterocycles. The van der Waals surface area contributed by atoms with E-state index in [2.05, 4.69) is 5.32 Å². The van der Waals surface area contributed by atoms with Gasteiger partial charge in [0.05, 0.1) is 5.69 Å². The second kappa shape index (κ2) is 3.53. The summed E-state index contributed by atoms with van der Waals surface area (Å²) in [6, 6.07) is 4.20. The van der Waals surface area contributed by atoms with E-state index < -0.39 is 0 Å². The van der Waals surface area contributed by atoms with Gasteiger partial charge in [-0.05, 0) is 40.8 Å². The molecule has 1 aromatic carbocycles. The molecule has 2 nitrogen and oxygen atoms in total. The fraction of sp³-hybridized carbons (Fsp3) is 0. The van der Waals surface area contributed by atoms with Gasteiger partial charge in [-0.15, -0.1) is 0 Å². The van der Waals surface area contributed by atoms with Gasteiger partial charge >= 0.3 is 0 Å². The predicted molar refractivity (Wildman–Crippen MR) is 48.4 cm³/mol. The van der Waals surface area contributed by atoms with Crippen LogP contribution in [0, 0.1) is 20.8 Å². The van der Waals surface area contributed by atoms with E-state index in [1.54, 1.807) is 6.19 Å². The third-order valence-corrected chi connectivity index (χ3v) is 2.01. The van der Waals surface area contributed by atoms with Crippen LogP contribution in [0.2, 0.25) is 0 Å². The zero-order chi connectivity index (χ0) is 8.27. The van der Waals surface area contributed by atoms with Crippen molar-refractivity contribution in [1.29, 1.82) is 5.26 Å². The average Bonchev–Trinajstić information content (AvgIpc) is 1.95. The van der Waals surface area contributed by atoms with Crippen molar-refractivity contribution in [1.82, 2.24) is 0 Å². The van der Waals surface area contributed by atoms with Crippen molar-refractivity contribution in [2.24, 2.45) is 0 Å². The molecule has 0 aliphatic rings. The molecular formula is C7H4FIN2. The van der Waals surface area contributed by atoms with Crippen LogP contribution in [0.25, 0.3) is 0 Å². The molecule has 4 heteroatoms. The summed E-state index contributed by atoms with van der Waals surface area (Å²) in [6.45, 7) is 0. The number of nitrogens with zero attached hydrogens (tertiary/aromatic N) is 1. The lowest BCUT2D eigenvalue weighted by molar-refractivity contribution is 0.627. The third-order valence-electron chi connectivity index (χ3n) is 1.12. The Balaban J connectivity index is 3.01. The van der Waals surface area contributed by atoms with Crippen LogP contribution in [0.5, 0.6) is 0 Å². The van der Waals surface area contributed by atoms with Crippen LogP contribution in [0.4, 0.5) is 10.1 Å². The van der Waals surface area contributed by atoms with Crippen LogP contribution in [0.15, 0.2) is 18.2 Å². The summed E-state index contributed by atoms with van der Waals surface area (Å²) >= 11 is 1.96. The topological polar surface area (TPSA) is 35.8 Å². The highest BCUT2D eigenvalue weighted by Crippen LogP contribution is 2.18. The molecule has 0 amide bonds. The fourth-order valence-electron chi connectivity index (χ4n) is 0.651. The molecule has 0 aliphatic heterocycles. The van der Waals surface area contributed by atoms with Gasteiger partial charge in [0, 0.05) is 3.57 Å². The van der Waals surface area contributed by atoms with Crippen molar-refractivity contribution in [3.05, 3.63) is 27.6 Å². The monoisotopic (exact) mass is 262 g/mol. The van der Waals surface area contributed by atoms with Crippen LogP contribution in [-0.2, 0) is 0 Å². The van der Waals surface area contributed by atoms with Crippen molar-refractivity contribution < 1.29 is 4.39 Å². The van der Waals surface area contributed by atoms with Gasteiger partial charge in [-0.3, -0.25) is 5.32 Å². The van der Waals surface area contributed by atoms with Gasteiger partial charge in [0.15, 0.2) is 6.19 Å². The summed E-state index contributed by atoms with van der Waals surface area (Å²) in [5, 5.41) is 10.7. The van der Waals surface area contributed by atoms with E-state index in [4.69, 9.17) is 5.26 Å². The minimum Gasteiger partial charge on any atom is -0.292 e. The first-order valence-electron chi connectivity index (χ1n) is 2.84. The maximum atomic E-state index is 12.5. The Labute approximate surface area is 77.2 Å². The van der Waals surface area contributed by atoms with Crippen molar-refractivity contribution in [3.63, 3.8) is 0 Å². The number of nitrogens with one attached hydrogen (secondary N) is 1. The first kappa shape index (κ1) is 8.27. The lowest BCUT2D eigenvalue weighted by Gasteiger charge is -1.99. The Bertz CT molecular complexity index is 306. The number of benzene rings is 1. The predicted octanol–water partition coefficient (Wildman–Crippen LogP) is 2.32. The number of hydrogen-bond donors (Lipinski definition) is 1. The highest BCUT2D eigenvalue weighted by molar-refractivity contribution is 14.1. The summed E-state index contributed by atoms with van der Waals surface area (Å²) in [5.41, 5.74) is 0.634. The fourth-order valence-corrected chi connectivity index (χ4v) is 1.26. The van der Waals surface area contributed by atoms with E-state index in [0.29, 0.717) is 9.26 Å². The molecule has 0 aromatic heterocycles. The molecule has 0 spiro atoms. The zero-order valence-corrected chi connectivity index (χ0v) is 7.59. The lowest BCUT2D eigenvalue weighted by Crippen LogP contribution is -1.90. The quantitative estimate of drug-likeness (QED) is 0.479. The van der Waals surface area contributed by atoms with Gasteiger partial charge < -0.3 is 0 Å². The van der Waals surface area contributed by atoms with E-state index in [1.165, 1.54) is 18.2 Å². The van der Waals surface area contributed by atoms with Crippen molar-refractivity contribution in [3.8, 4) is 6.19 Å². The standard InChI is InChI=1S/C7H4FIN2/c8-5-1-2-7(11-4-10)6(9)3-5/h1-3,11H. The van der Waals surface area contributed by atoms with E-state index >= 15 is 0 Å². The second-order valence-electron chi connectivity index (χ2n) is 1.86. The molecule has 0 saturated heterocycles. The van der Waals surface area contributed by atoms with Gasteiger partial charge in [0.2, 0.25) is 0 Å². The number of rotatable bonds is 1. The van der Waals surface area contributed by atoms with E-state index in [-0.39, 0.29) is 5.82 Å². The van der Waals surface area contributed by atoms with Crippen LogP contribution in [0.1, 0.15) is 0 Å². The van der Waals surface area contributed by atoms with Crippen LogP contribution in [-0.4, -0.2) is 0 Å². The number of anilines is 1. The summed E-state index contributed by atoms with van der Waals surface area (Å²) in [5.74, 6) is -0.294. The van der Waals surface area contributed by atoms with E-state index in [9.17, 15) is 4.39 Å². The molecule has 1 N–H and O–H groups in total. The average molecular weight is 262 g/mol. The van der Waals surface area contributed by atoms with E-state index in [1.807, 2.05) is 22.6 Å². The second-order valence-corrected chi connectivity index (χ2v) is 3.02. The normalized spacial score (nSPS) is 8.82. The molecule has 0 bridgehead atoms. The molecular weight excluding hydrogens is 258 g/mol. The van der Waals surface area contributed by atoms with Crippen LogP contribution < -0.4 is 5.32 Å². The highest BCUT2D eigenvalue weighted by atomic mass is 127. The molecule has 1 aromatic rings. The van der Waals surface area contributed by atoms with Crippen LogP contribution >= 0.6 is 22.6 Å². The molecule has 0 aliphatic carbocycles. The largest absolute Gasteiger partial charge is 0.292 e. The molecule has 0 atom stereocenters. The lowest BCUT2D eigenvalue weighted by atomic mass is 10.3. The molecule has 0 radical (unpaired) electrons. The first-order chi connectivity index (χ1) is 5.24. The number of nitriles is 1. The Morgan fingerprint density at radius 3 is 2.82 bits per heavy atom. The van der Waals surface area contributed by atoms with Gasteiger partial charge in [0.25, 0.3) is 0 Å². The molecule has 1 rings (SSSR count). The molecule has 11 heavy (non-hydrogen) atoms. The summed E-state index contributed by atoms with van der Waals surface area (Å²) < 4.78 is 13.2. The Morgan fingerprint density at radius 2 is 2.27 bits per heavy atom. The van der Waals surface area contributed by atoms with Gasteiger partial charge in [-0.1, -0.05) is 0 Å². The van der Waals surface area contributed by atoms with Gasteiger partial charge in [-0.25, -0.2) is 4.39 Å². The van der Waals surface area contributed by atoms with Crippen molar-refractivity contribution >= 4 is 28.3 Å². The van der Waals surface area contributed by atoms with Gasteiger partial charge in [0.1, 0.15) is 5.82 Å². The molecule has 0 unspecified atom stereocenters. The number of halogens is 2. The Morgan fingerprint density at radius 1 is 1.55 bits per heavy atom. The van der Waals surface area contributed by atoms with Crippen molar-refractivity contribution in [2.45, 2.75) is 0 Å².